The third kappa shape index (κ3) is 6.79. The Morgan fingerprint density at radius 2 is 1.96 bits per heavy atom. The van der Waals surface area contributed by atoms with E-state index in [1.165, 1.54) is 30.4 Å². The predicted octanol–water partition coefficient (Wildman–Crippen LogP) is 2.17. The highest BCUT2D eigenvalue weighted by Gasteiger charge is 2.07. The third-order valence-electron chi connectivity index (χ3n) is 3.52. The zero-order chi connectivity index (χ0) is 19.6. The number of carbonyl (C=O) groups excluding carboxylic acids is 1. The van der Waals surface area contributed by atoms with E-state index in [9.17, 15) is 20.0 Å². The molecule has 0 radical (unpaired) electrons. The Balaban J connectivity index is 1.75. The van der Waals surface area contributed by atoms with Crippen LogP contribution in [0.1, 0.15) is 5.56 Å². The summed E-state index contributed by atoms with van der Waals surface area (Å²) < 4.78 is 10.5. The third-order valence-corrected chi connectivity index (χ3v) is 3.52. The summed E-state index contributed by atoms with van der Waals surface area (Å²) in [5, 5.41) is 23.1. The number of non-ortho nitro benzene ring substituents is 1. The van der Waals surface area contributed by atoms with E-state index >= 15 is 0 Å². The Hall–Kier alpha value is -3.39. The normalized spacial score (nSPS) is 11.8. The van der Waals surface area contributed by atoms with Crippen molar-refractivity contribution in [3.05, 3.63) is 70.3 Å². The van der Waals surface area contributed by atoms with Gasteiger partial charge in [0, 0.05) is 24.8 Å². The summed E-state index contributed by atoms with van der Waals surface area (Å²) in [5.41, 5.74) is 0.478. The molecule has 0 aliphatic rings. The van der Waals surface area contributed by atoms with E-state index in [-0.39, 0.29) is 18.8 Å². The molecule has 142 valence electrons. The van der Waals surface area contributed by atoms with Gasteiger partial charge < -0.3 is 19.9 Å². The number of nitro groups is 1. The van der Waals surface area contributed by atoms with Gasteiger partial charge in [-0.3, -0.25) is 14.9 Å². The van der Waals surface area contributed by atoms with Gasteiger partial charge >= 0.3 is 0 Å². The van der Waals surface area contributed by atoms with Gasteiger partial charge in [-0.15, -0.1) is 0 Å². The quantitative estimate of drug-likeness (QED) is 0.396. The molecule has 0 bridgehead atoms. The molecule has 0 aliphatic carbocycles. The van der Waals surface area contributed by atoms with Gasteiger partial charge in [0.15, 0.2) is 0 Å². The number of nitrogens with zero attached hydrogens (tertiary/aromatic N) is 1. The summed E-state index contributed by atoms with van der Waals surface area (Å²) in [7, 11) is 1.57. The van der Waals surface area contributed by atoms with E-state index in [4.69, 9.17) is 9.47 Å². The standard InChI is InChI=1S/C19H20N2O6/c1-26-17-6-8-18(9-7-17)27-13-16(22)12-20-19(23)10-5-14-3-2-4-15(11-14)21(24)25/h2-11,16,22H,12-13H2,1H3,(H,20,23). The topological polar surface area (TPSA) is 111 Å². The minimum Gasteiger partial charge on any atom is -0.497 e. The molecule has 0 spiro atoms. The van der Waals surface area contributed by atoms with Crippen molar-refractivity contribution in [1.29, 1.82) is 0 Å². The van der Waals surface area contributed by atoms with Crippen LogP contribution in [-0.2, 0) is 4.79 Å². The largest absolute Gasteiger partial charge is 0.497 e. The molecule has 27 heavy (non-hydrogen) atoms. The van der Waals surface area contributed by atoms with Gasteiger partial charge in [-0.1, -0.05) is 12.1 Å². The van der Waals surface area contributed by atoms with Gasteiger partial charge in [0.1, 0.15) is 24.2 Å². The minimum absolute atomic E-state index is 0.00820. The zero-order valence-corrected chi connectivity index (χ0v) is 14.7. The fourth-order valence-corrected chi connectivity index (χ4v) is 2.11. The molecule has 2 rings (SSSR count). The molecule has 8 nitrogen and oxygen atoms in total. The lowest BCUT2D eigenvalue weighted by Crippen LogP contribution is -2.34. The second-order valence-electron chi connectivity index (χ2n) is 5.57. The zero-order valence-electron chi connectivity index (χ0n) is 14.7. The second-order valence-corrected chi connectivity index (χ2v) is 5.57. The monoisotopic (exact) mass is 372 g/mol. The highest BCUT2D eigenvalue weighted by molar-refractivity contribution is 5.91. The molecule has 0 fully saturated rings. The smallest absolute Gasteiger partial charge is 0.270 e. The summed E-state index contributed by atoms with van der Waals surface area (Å²) in [6.07, 6.45) is 1.82. The molecular weight excluding hydrogens is 352 g/mol. The first-order chi connectivity index (χ1) is 13.0. The summed E-state index contributed by atoms with van der Waals surface area (Å²) in [5.74, 6) is 0.849. The van der Waals surface area contributed by atoms with Crippen molar-refractivity contribution in [2.75, 3.05) is 20.3 Å². The molecule has 8 heteroatoms. The van der Waals surface area contributed by atoms with E-state index in [1.807, 2.05) is 0 Å². The Kier molecular flexibility index (Phi) is 7.33. The van der Waals surface area contributed by atoms with E-state index in [0.29, 0.717) is 17.1 Å². The number of rotatable bonds is 9. The fourth-order valence-electron chi connectivity index (χ4n) is 2.11. The SMILES string of the molecule is COc1ccc(OCC(O)CNC(=O)C=Cc2cccc([N+](=O)[O-])c2)cc1. The van der Waals surface area contributed by atoms with E-state index in [2.05, 4.69) is 5.32 Å². The van der Waals surface area contributed by atoms with E-state index in [1.54, 1.807) is 37.4 Å². The lowest BCUT2D eigenvalue weighted by Gasteiger charge is -2.13. The van der Waals surface area contributed by atoms with Crippen LogP contribution in [0, 0.1) is 10.1 Å². The summed E-state index contributed by atoms with van der Waals surface area (Å²) in [6.45, 7) is 0.0233. The van der Waals surface area contributed by atoms with Crippen LogP contribution in [0.3, 0.4) is 0 Å². The summed E-state index contributed by atoms with van der Waals surface area (Å²) in [4.78, 5) is 22.0. The van der Waals surface area contributed by atoms with Crippen LogP contribution < -0.4 is 14.8 Å². The molecule has 1 amide bonds. The highest BCUT2D eigenvalue weighted by Crippen LogP contribution is 2.17. The molecule has 2 N–H and O–H groups in total. The maximum atomic E-state index is 11.8. The number of methoxy groups -OCH3 is 1. The number of hydrogen-bond acceptors (Lipinski definition) is 6. The molecule has 0 aromatic heterocycles. The molecule has 0 saturated carbocycles. The maximum Gasteiger partial charge on any atom is 0.270 e. The van der Waals surface area contributed by atoms with Crippen molar-refractivity contribution >= 4 is 17.7 Å². The average Bonchev–Trinajstić information content (AvgIpc) is 2.69. The van der Waals surface area contributed by atoms with Gasteiger partial charge in [0.2, 0.25) is 5.91 Å². The maximum absolute atomic E-state index is 11.8. The van der Waals surface area contributed by atoms with Crippen molar-refractivity contribution in [3.63, 3.8) is 0 Å². The van der Waals surface area contributed by atoms with Crippen LogP contribution in [-0.4, -0.2) is 42.3 Å². The molecule has 0 saturated heterocycles. The van der Waals surface area contributed by atoms with Crippen molar-refractivity contribution in [1.82, 2.24) is 5.32 Å². The molecule has 0 aliphatic heterocycles. The first kappa shape index (κ1) is 19.9. The first-order valence-corrected chi connectivity index (χ1v) is 8.13. The lowest BCUT2D eigenvalue weighted by molar-refractivity contribution is -0.384. The number of nitrogens with one attached hydrogen (secondary N) is 1. The second kappa shape index (κ2) is 9.93. The summed E-state index contributed by atoms with van der Waals surface area (Å²) >= 11 is 0. The fraction of sp³-hybridized carbons (Fsp3) is 0.211. The number of nitro benzene ring substituents is 1. The first-order valence-electron chi connectivity index (χ1n) is 8.13. The molecule has 1 atom stereocenters. The molecule has 0 heterocycles. The molecule has 1 unspecified atom stereocenters. The number of carbonyl (C=O) groups is 1. The Bertz CT molecular complexity index is 804. The van der Waals surface area contributed by atoms with E-state index < -0.39 is 16.9 Å². The van der Waals surface area contributed by atoms with Crippen LogP contribution in [0.4, 0.5) is 5.69 Å². The highest BCUT2D eigenvalue weighted by atomic mass is 16.6. The lowest BCUT2D eigenvalue weighted by atomic mass is 10.2. The van der Waals surface area contributed by atoms with Crippen LogP contribution in [0.25, 0.3) is 6.08 Å². The molecule has 2 aromatic carbocycles. The van der Waals surface area contributed by atoms with Crippen LogP contribution in [0.5, 0.6) is 11.5 Å². The van der Waals surface area contributed by atoms with Gasteiger partial charge in [-0.05, 0) is 35.9 Å². The predicted molar refractivity (Wildman–Crippen MR) is 99.6 cm³/mol. The van der Waals surface area contributed by atoms with Gasteiger partial charge in [0.05, 0.1) is 12.0 Å². The number of hydrogen-bond donors (Lipinski definition) is 2. The van der Waals surface area contributed by atoms with Crippen LogP contribution in [0.2, 0.25) is 0 Å². The van der Waals surface area contributed by atoms with Crippen molar-refractivity contribution in [3.8, 4) is 11.5 Å². The Labute approximate surface area is 156 Å². The number of aliphatic hydroxyl groups excluding tert-OH is 1. The van der Waals surface area contributed by atoms with Gasteiger partial charge in [-0.25, -0.2) is 0 Å². The minimum atomic E-state index is -0.887. The van der Waals surface area contributed by atoms with Gasteiger partial charge in [0.25, 0.3) is 5.69 Å². The Morgan fingerprint density at radius 1 is 1.26 bits per heavy atom. The van der Waals surface area contributed by atoms with Crippen molar-refractivity contribution < 1.29 is 24.3 Å². The molecular formula is C19H20N2O6. The van der Waals surface area contributed by atoms with Gasteiger partial charge in [-0.2, -0.15) is 0 Å². The molecule has 2 aromatic rings. The average molecular weight is 372 g/mol. The van der Waals surface area contributed by atoms with E-state index in [0.717, 1.165) is 0 Å². The number of amides is 1. The van der Waals surface area contributed by atoms with Crippen molar-refractivity contribution in [2.45, 2.75) is 6.10 Å². The number of benzene rings is 2. The van der Waals surface area contributed by atoms with Crippen molar-refractivity contribution in [2.24, 2.45) is 0 Å². The van der Waals surface area contributed by atoms with Crippen LogP contribution in [0.15, 0.2) is 54.6 Å². The summed E-state index contributed by atoms with van der Waals surface area (Å²) in [6, 6.07) is 12.8. The Morgan fingerprint density at radius 3 is 2.63 bits per heavy atom. The number of ether oxygens (including phenoxy) is 2. The van der Waals surface area contributed by atoms with Crippen LogP contribution >= 0.6 is 0 Å². The number of aliphatic hydroxyl groups is 1.